The van der Waals surface area contributed by atoms with Crippen molar-refractivity contribution in [3.05, 3.63) is 46.8 Å². The van der Waals surface area contributed by atoms with Crippen molar-refractivity contribution in [2.24, 2.45) is 0 Å². The van der Waals surface area contributed by atoms with Crippen LogP contribution < -0.4 is 17.0 Å². The summed E-state index contributed by atoms with van der Waals surface area (Å²) in [6.45, 7) is 0. The van der Waals surface area contributed by atoms with Gasteiger partial charge in [0.15, 0.2) is 0 Å². The maximum absolute atomic E-state index is 11.9. The highest BCUT2D eigenvalue weighted by atomic mass is 16.1. The highest BCUT2D eigenvalue weighted by Crippen LogP contribution is 2.25. The van der Waals surface area contributed by atoms with Gasteiger partial charge in [-0.2, -0.15) is 0 Å². The van der Waals surface area contributed by atoms with Crippen molar-refractivity contribution in [2.45, 2.75) is 0 Å². The number of nitrogen functional groups attached to an aromatic ring is 2. The van der Waals surface area contributed by atoms with E-state index >= 15 is 0 Å². The van der Waals surface area contributed by atoms with Crippen LogP contribution in [0, 0.1) is 0 Å². The second-order valence-corrected chi connectivity index (χ2v) is 4.03. The summed E-state index contributed by atoms with van der Waals surface area (Å²) in [6, 6.07) is 10.9. The number of aromatic nitrogens is 1. The van der Waals surface area contributed by atoms with E-state index in [1.165, 1.54) is 0 Å². The number of pyridine rings is 1. The zero-order valence-corrected chi connectivity index (χ0v) is 9.03. The summed E-state index contributed by atoms with van der Waals surface area (Å²) >= 11 is 0. The molecule has 0 bridgehead atoms. The van der Waals surface area contributed by atoms with Crippen LogP contribution in [-0.2, 0) is 0 Å². The van der Waals surface area contributed by atoms with Crippen molar-refractivity contribution >= 4 is 33.1 Å². The molecule has 2 aromatic carbocycles. The Bertz CT molecular complexity index is 790. The molecule has 0 aliphatic carbocycles. The lowest BCUT2D eigenvalue weighted by atomic mass is 10.1. The van der Waals surface area contributed by atoms with Gasteiger partial charge >= 0.3 is 0 Å². The molecule has 3 aromatic rings. The minimum absolute atomic E-state index is 0.169. The predicted octanol–water partition coefficient (Wildman–Crippen LogP) is 1.85. The van der Waals surface area contributed by atoms with Gasteiger partial charge in [0.1, 0.15) is 0 Å². The second-order valence-electron chi connectivity index (χ2n) is 4.03. The predicted molar refractivity (Wildman–Crippen MR) is 70.9 cm³/mol. The van der Waals surface area contributed by atoms with Gasteiger partial charge in [-0.3, -0.25) is 4.79 Å². The van der Waals surface area contributed by atoms with Crippen LogP contribution in [0.15, 0.2) is 41.2 Å². The molecule has 0 unspecified atom stereocenters. The summed E-state index contributed by atoms with van der Waals surface area (Å²) in [6.07, 6.45) is 0. The van der Waals surface area contributed by atoms with Gasteiger partial charge in [0.25, 0.3) is 5.56 Å². The van der Waals surface area contributed by atoms with Crippen molar-refractivity contribution < 1.29 is 0 Å². The van der Waals surface area contributed by atoms with Gasteiger partial charge in [0, 0.05) is 16.5 Å². The summed E-state index contributed by atoms with van der Waals surface area (Å²) in [4.78, 5) is 14.7. The number of H-pyrrole nitrogens is 1. The largest absolute Gasteiger partial charge is 0.399 e. The first-order chi connectivity index (χ1) is 8.16. The Morgan fingerprint density at radius 2 is 1.76 bits per heavy atom. The lowest BCUT2D eigenvalue weighted by molar-refractivity contribution is 1.34. The molecule has 1 aromatic heterocycles. The fraction of sp³-hybridized carbons (Fsp3) is 0. The average Bonchev–Trinajstić information content (AvgIpc) is 2.31. The maximum Gasteiger partial charge on any atom is 0.256 e. The van der Waals surface area contributed by atoms with Crippen molar-refractivity contribution in [1.29, 1.82) is 0 Å². The van der Waals surface area contributed by atoms with Gasteiger partial charge in [-0.05, 0) is 23.6 Å². The number of para-hydroxylation sites is 1. The molecule has 5 N–H and O–H groups in total. The SMILES string of the molecule is Nc1ccc2c(c1)c(=O)[nH]c1c(N)cccc12. The monoisotopic (exact) mass is 225 g/mol. The molecule has 0 saturated heterocycles. The summed E-state index contributed by atoms with van der Waals surface area (Å²) in [7, 11) is 0. The standard InChI is InChI=1S/C13H11N3O/c14-7-4-5-8-9-2-1-3-11(15)12(9)16-13(17)10(8)6-7/h1-6H,14-15H2,(H,16,17). The third-order valence-corrected chi connectivity index (χ3v) is 2.91. The molecule has 0 aliphatic heterocycles. The molecule has 0 aliphatic rings. The first kappa shape index (κ1) is 9.72. The molecule has 4 nitrogen and oxygen atoms in total. The molecule has 17 heavy (non-hydrogen) atoms. The van der Waals surface area contributed by atoms with E-state index in [4.69, 9.17) is 11.5 Å². The molecule has 4 heteroatoms. The molecule has 84 valence electrons. The lowest BCUT2D eigenvalue weighted by Crippen LogP contribution is -2.08. The number of rotatable bonds is 0. The molecule has 0 radical (unpaired) electrons. The van der Waals surface area contributed by atoms with Crippen LogP contribution in [0.5, 0.6) is 0 Å². The van der Waals surface area contributed by atoms with Gasteiger partial charge < -0.3 is 16.5 Å². The van der Waals surface area contributed by atoms with E-state index < -0.39 is 0 Å². The number of hydrogen-bond acceptors (Lipinski definition) is 3. The molecule has 0 saturated carbocycles. The molecule has 0 spiro atoms. The molecule has 3 rings (SSSR count). The second kappa shape index (κ2) is 3.25. The molecule has 0 fully saturated rings. The van der Waals surface area contributed by atoms with Crippen LogP contribution in [0.4, 0.5) is 11.4 Å². The third kappa shape index (κ3) is 1.34. The number of aromatic amines is 1. The van der Waals surface area contributed by atoms with Crippen molar-refractivity contribution in [3.8, 4) is 0 Å². The highest BCUT2D eigenvalue weighted by molar-refractivity contribution is 6.09. The Hall–Kier alpha value is -2.49. The van der Waals surface area contributed by atoms with Crippen molar-refractivity contribution in [3.63, 3.8) is 0 Å². The van der Waals surface area contributed by atoms with E-state index in [2.05, 4.69) is 4.98 Å². The van der Waals surface area contributed by atoms with E-state index in [9.17, 15) is 4.79 Å². The van der Waals surface area contributed by atoms with Crippen LogP contribution in [0.2, 0.25) is 0 Å². The Labute approximate surface area is 96.9 Å². The van der Waals surface area contributed by atoms with Crippen LogP contribution >= 0.6 is 0 Å². The minimum Gasteiger partial charge on any atom is -0.399 e. The van der Waals surface area contributed by atoms with Crippen LogP contribution in [-0.4, -0.2) is 4.98 Å². The molecule has 0 amide bonds. The lowest BCUT2D eigenvalue weighted by Gasteiger charge is -2.06. The van der Waals surface area contributed by atoms with Crippen molar-refractivity contribution in [1.82, 2.24) is 4.98 Å². The zero-order chi connectivity index (χ0) is 12.0. The summed E-state index contributed by atoms with van der Waals surface area (Å²) in [5, 5.41) is 2.38. The first-order valence-electron chi connectivity index (χ1n) is 5.26. The van der Waals surface area contributed by atoms with Crippen LogP contribution in [0.3, 0.4) is 0 Å². The smallest absolute Gasteiger partial charge is 0.256 e. The van der Waals surface area contributed by atoms with Crippen molar-refractivity contribution in [2.75, 3.05) is 11.5 Å². The normalized spacial score (nSPS) is 11.1. The fourth-order valence-corrected chi connectivity index (χ4v) is 2.10. The zero-order valence-electron chi connectivity index (χ0n) is 9.03. The number of nitrogens with one attached hydrogen (secondary N) is 1. The summed E-state index contributed by atoms with van der Waals surface area (Å²) in [5.74, 6) is 0. The van der Waals surface area contributed by atoms with Gasteiger partial charge in [0.05, 0.1) is 11.2 Å². The highest BCUT2D eigenvalue weighted by Gasteiger charge is 2.06. The van der Waals surface area contributed by atoms with E-state index in [0.29, 0.717) is 22.3 Å². The van der Waals surface area contributed by atoms with Crippen LogP contribution in [0.25, 0.3) is 21.7 Å². The Morgan fingerprint density at radius 1 is 0.941 bits per heavy atom. The quantitative estimate of drug-likeness (QED) is 0.403. The molecule has 0 atom stereocenters. The minimum atomic E-state index is -0.169. The van der Waals surface area contributed by atoms with Gasteiger partial charge in [-0.1, -0.05) is 18.2 Å². The van der Waals surface area contributed by atoms with Gasteiger partial charge in [0.2, 0.25) is 0 Å². The van der Waals surface area contributed by atoms with E-state index in [-0.39, 0.29) is 5.56 Å². The number of fused-ring (bicyclic) bond motifs is 3. The number of benzene rings is 2. The first-order valence-corrected chi connectivity index (χ1v) is 5.26. The van der Waals surface area contributed by atoms with E-state index in [0.717, 1.165) is 10.8 Å². The Balaban J connectivity index is 2.65. The number of nitrogens with two attached hydrogens (primary N) is 2. The topological polar surface area (TPSA) is 84.9 Å². The average molecular weight is 225 g/mol. The van der Waals surface area contributed by atoms with E-state index in [1.54, 1.807) is 18.2 Å². The Morgan fingerprint density at radius 3 is 2.59 bits per heavy atom. The third-order valence-electron chi connectivity index (χ3n) is 2.91. The molecular formula is C13H11N3O. The molecule has 1 heterocycles. The summed E-state index contributed by atoms with van der Waals surface area (Å²) < 4.78 is 0. The van der Waals surface area contributed by atoms with Crippen LogP contribution in [0.1, 0.15) is 0 Å². The van der Waals surface area contributed by atoms with Gasteiger partial charge in [-0.15, -0.1) is 0 Å². The molecular weight excluding hydrogens is 214 g/mol. The maximum atomic E-state index is 11.9. The van der Waals surface area contributed by atoms with Gasteiger partial charge in [-0.25, -0.2) is 0 Å². The van der Waals surface area contributed by atoms with E-state index in [1.807, 2.05) is 18.2 Å². The number of anilines is 2. The number of hydrogen-bond donors (Lipinski definition) is 3. The fourth-order valence-electron chi connectivity index (χ4n) is 2.10. The Kier molecular flexibility index (Phi) is 1.86. The summed E-state index contributed by atoms with van der Waals surface area (Å²) in [5.41, 5.74) is 13.2.